The second-order valence-electron chi connectivity index (χ2n) is 8.06. The van der Waals surface area contributed by atoms with Gasteiger partial charge >= 0.3 is 17.5 Å². The van der Waals surface area contributed by atoms with Crippen LogP contribution in [0.3, 0.4) is 0 Å². The van der Waals surface area contributed by atoms with E-state index in [-0.39, 0.29) is 0 Å². The van der Waals surface area contributed by atoms with Crippen molar-refractivity contribution in [3.63, 3.8) is 0 Å². The maximum atomic E-state index is 10.1. The molecule has 3 aromatic rings. The monoisotopic (exact) mass is 570 g/mol. The van der Waals surface area contributed by atoms with E-state index in [9.17, 15) is 29.7 Å². The standard InChI is InChI=1S/C6H8O7.3C5H11N4/c7-3(8)1-6(13,5(11)12)2-4(9)10;3*1-2-5-8(6)3-4-9(5)7/h13H,1-2H2,(H,7,8)(H,9,10)(H,11,12);3*3-4H,2,6-7H2,1H3/q;3*+1/p-3. The lowest BCUT2D eigenvalue weighted by atomic mass is 9.96. The third kappa shape index (κ3) is 10.7. The summed E-state index contributed by atoms with van der Waals surface area (Å²) in [6.45, 7) is 6.01. The van der Waals surface area contributed by atoms with E-state index in [0.29, 0.717) is 0 Å². The molecule has 0 amide bonds. The molecular weight excluding hydrogens is 532 g/mol. The molecule has 40 heavy (non-hydrogen) atoms. The molecule has 19 nitrogen and oxygen atoms in total. The minimum Gasteiger partial charge on any atom is -0.550 e. The number of carboxylic acids is 3. The normalized spacial score (nSPS) is 10.2. The molecule has 19 heteroatoms. The van der Waals surface area contributed by atoms with Gasteiger partial charge in [-0.1, -0.05) is 20.8 Å². The minimum absolute atomic E-state index is 0.847. The fourth-order valence-corrected chi connectivity index (χ4v) is 3.13. The zero-order valence-electron chi connectivity index (χ0n) is 22.5. The van der Waals surface area contributed by atoms with Crippen LogP contribution in [0.5, 0.6) is 0 Å². The number of carbonyl (C=O) groups excluding carboxylic acids is 3. The average Bonchev–Trinajstić information content (AvgIpc) is 3.48. The molecule has 0 atom stereocenters. The van der Waals surface area contributed by atoms with Gasteiger partial charge in [-0.2, -0.15) is 0 Å². The van der Waals surface area contributed by atoms with Crippen molar-refractivity contribution in [2.75, 3.05) is 35.1 Å². The van der Waals surface area contributed by atoms with Crippen molar-refractivity contribution in [1.29, 1.82) is 0 Å². The van der Waals surface area contributed by atoms with E-state index in [1.807, 2.05) is 20.8 Å². The van der Waals surface area contributed by atoms with Crippen molar-refractivity contribution in [3.8, 4) is 0 Å². The van der Waals surface area contributed by atoms with Crippen LogP contribution in [0, 0.1) is 0 Å². The zero-order valence-corrected chi connectivity index (χ0v) is 22.5. The van der Waals surface area contributed by atoms with Gasteiger partial charge in [0.1, 0.15) is 5.60 Å². The summed E-state index contributed by atoms with van der Waals surface area (Å²) in [5, 5.41) is 38.9. The third-order valence-corrected chi connectivity index (χ3v) is 5.15. The van der Waals surface area contributed by atoms with Crippen LogP contribution >= 0.6 is 0 Å². The van der Waals surface area contributed by atoms with E-state index in [2.05, 4.69) is 0 Å². The quantitative estimate of drug-likeness (QED) is 0.0978. The van der Waals surface area contributed by atoms with Crippen molar-refractivity contribution in [2.45, 2.75) is 58.5 Å². The van der Waals surface area contributed by atoms with E-state index in [1.165, 1.54) is 28.1 Å². The molecular formula is C21H38N12O7. The molecule has 0 spiro atoms. The molecule has 0 aliphatic rings. The number of imidazole rings is 3. The highest BCUT2D eigenvalue weighted by Crippen LogP contribution is 2.13. The Balaban J connectivity index is 0.000000513. The van der Waals surface area contributed by atoms with Gasteiger partial charge in [0, 0.05) is 24.8 Å². The number of nitrogens with zero attached hydrogens (tertiary/aromatic N) is 6. The Morgan fingerprint density at radius 2 is 0.950 bits per heavy atom. The van der Waals surface area contributed by atoms with Crippen LogP contribution in [0.4, 0.5) is 0 Å². The molecule has 0 fully saturated rings. The van der Waals surface area contributed by atoms with Gasteiger partial charge in [0.25, 0.3) is 0 Å². The van der Waals surface area contributed by atoms with Crippen LogP contribution in [0.1, 0.15) is 51.1 Å². The van der Waals surface area contributed by atoms with E-state index < -0.39 is 36.4 Å². The number of aliphatic carboxylic acids is 3. The Labute approximate surface area is 229 Å². The number of hydrogen-bond donors (Lipinski definition) is 7. The topological polar surface area (TPSA) is 323 Å². The predicted molar refractivity (Wildman–Crippen MR) is 132 cm³/mol. The molecule has 0 bridgehead atoms. The predicted octanol–water partition coefficient (Wildman–Crippen LogP) is -8.96. The summed E-state index contributed by atoms with van der Waals surface area (Å²) in [4.78, 5) is 30.0. The Morgan fingerprint density at radius 3 is 1.05 bits per heavy atom. The molecule has 0 radical (unpaired) electrons. The highest BCUT2D eigenvalue weighted by molar-refractivity contribution is 5.86. The lowest BCUT2D eigenvalue weighted by molar-refractivity contribution is -0.646. The minimum atomic E-state index is -2.97. The molecule has 3 heterocycles. The first-order chi connectivity index (χ1) is 18.5. The SMILES string of the molecule is CCc1n(N)cc[n+]1N.CCc1n(N)cc[n+]1N.CCc1n(N)cc[n+]1N.O=C([O-])CC(O)(CC(=O)[O-])C(=O)[O-]. The van der Waals surface area contributed by atoms with Crippen LogP contribution in [-0.4, -0.2) is 42.6 Å². The van der Waals surface area contributed by atoms with Crippen LogP contribution in [0.25, 0.3) is 0 Å². The molecule has 3 aromatic heterocycles. The van der Waals surface area contributed by atoms with E-state index >= 15 is 0 Å². The zero-order chi connectivity index (χ0) is 31.2. The fraction of sp³-hybridized carbons (Fsp3) is 0.429. The first kappa shape index (κ1) is 34.8. The first-order valence-electron chi connectivity index (χ1n) is 11.7. The summed E-state index contributed by atoms with van der Waals surface area (Å²) < 4.78 is 9.08. The largest absolute Gasteiger partial charge is 0.550 e. The van der Waals surface area contributed by atoms with Gasteiger partial charge in [0.05, 0.1) is 25.2 Å². The number of aliphatic hydroxyl groups is 1. The van der Waals surface area contributed by atoms with Crippen molar-refractivity contribution in [1.82, 2.24) is 14.0 Å². The lowest BCUT2D eigenvalue weighted by Gasteiger charge is -2.29. The Bertz CT molecular complexity index is 1070. The number of hydrogen-bond acceptors (Lipinski definition) is 13. The Morgan fingerprint density at radius 1 is 0.700 bits per heavy atom. The second-order valence-corrected chi connectivity index (χ2v) is 8.06. The number of rotatable bonds is 8. The van der Waals surface area contributed by atoms with Gasteiger partial charge in [0.2, 0.25) is 0 Å². The van der Waals surface area contributed by atoms with Crippen molar-refractivity contribution in [3.05, 3.63) is 54.7 Å². The fourth-order valence-electron chi connectivity index (χ4n) is 3.13. The molecule has 0 saturated carbocycles. The molecule has 3 rings (SSSR count). The van der Waals surface area contributed by atoms with Gasteiger partial charge in [-0.15, -0.1) is 28.1 Å². The van der Waals surface area contributed by atoms with Crippen molar-refractivity contribution >= 4 is 17.9 Å². The molecule has 0 unspecified atom stereocenters. The number of carbonyl (C=O) groups is 3. The molecule has 0 aliphatic carbocycles. The molecule has 13 N–H and O–H groups in total. The summed E-state index contributed by atoms with van der Waals surface area (Å²) in [5.41, 5.74) is -2.97. The van der Waals surface area contributed by atoms with Crippen LogP contribution in [-0.2, 0) is 33.6 Å². The van der Waals surface area contributed by atoms with E-state index in [4.69, 9.17) is 40.2 Å². The molecule has 224 valence electrons. The maximum absolute atomic E-state index is 10.1. The van der Waals surface area contributed by atoms with Gasteiger partial charge < -0.3 is 34.8 Å². The molecule has 0 saturated heterocycles. The number of carboxylic acid groups (broad SMARTS) is 3. The smallest absolute Gasteiger partial charge is 0.302 e. The van der Waals surface area contributed by atoms with Crippen molar-refractivity contribution < 1.29 is 48.8 Å². The summed E-state index contributed by atoms with van der Waals surface area (Å²) in [5.74, 6) is 29.6. The lowest BCUT2D eigenvalue weighted by Crippen LogP contribution is -2.54. The van der Waals surface area contributed by atoms with E-state index in [1.54, 1.807) is 37.2 Å². The second kappa shape index (κ2) is 15.9. The van der Waals surface area contributed by atoms with Gasteiger partial charge in [-0.25, -0.2) is 0 Å². The Kier molecular flexibility index (Phi) is 13.8. The highest BCUT2D eigenvalue weighted by Gasteiger charge is 2.29. The van der Waals surface area contributed by atoms with Crippen LogP contribution < -0.4 is 64.4 Å². The number of aromatic nitrogens is 6. The van der Waals surface area contributed by atoms with Gasteiger partial charge in [0.15, 0.2) is 37.2 Å². The molecule has 0 aromatic carbocycles. The molecule has 0 aliphatic heterocycles. The number of nitrogens with two attached hydrogens (primary N) is 6. The summed E-state index contributed by atoms with van der Waals surface area (Å²) >= 11 is 0. The van der Waals surface area contributed by atoms with Crippen LogP contribution in [0.2, 0.25) is 0 Å². The first-order valence-corrected chi connectivity index (χ1v) is 11.7. The van der Waals surface area contributed by atoms with Crippen molar-refractivity contribution in [2.24, 2.45) is 0 Å². The summed E-state index contributed by atoms with van der Waals surface area (Å²) in [6, 6.07) is 0. The summed E-state index contributed by atoms with van der Waals surface area (Å²) in [7, 11) is 0. The Hall–Kier alpha value is -5.20. The summed E-state index contributed by atoms with van der Waals surface area (Å²) in [6.07, 6.45) is 10.2. The van der Waals surface area contributed by atoms with Gasteiger partial charge in [-0.05, 0) is 0 Å². The van der Waals surface area contributed by atoms with Gasteiger partial charge in [-0.3, -0.25) is 35.1 Å². The highest BCUT2D eigenvalue weighted by atomic mass is 16.4. The maximum Gasteiger partial charge on any atom is 0.302 e. The van der Waals surface area contributed by atoms with E-state index in [0.717, 1.165) is 36.7 Å². The third-order valence-electron chi connectivity index (χ3n) is 5.15. The average molecular weight is 571 g/mol. The number of nitrogen functional groups attached to an aromatic ring is 6. The van der Waals surface area contributed by atoms with Crippen LogP contribution in [0.15, 0.2) is 37.2 Å².